The highest BCUT2D eigenvalue weighted by molar-refractivity contribution is 7.98. The van der Waals surface area contributed by atoms with Gasteiger partial charge in [0.2, 0.25) is 0 Å². The Kier molecular flexibility index (Phi) is 8.14. The van der Waals surface area contributed by atoms with Crippen LogP contribution in [-0.4, -0.2) is 24.1 Å². The second-order valence-electron chi connectivity index (χ2n) is 4.45. The molecule has 0 saturated heterocycles. The summed E-state index contributed by atoms with van der Waals surface area (Å²) in [5.41, 5.74) is 1.01. The third-order valence-electron chi connectivity index (χ3n) is 2.93. The van der Waals surface area contributed by atoms with Crippen molar-refractivity contribution in [2.24, 2.45) is 0 Å². The molecular weight excluding hydrogens is 258 g/mol. The summed E-state index contributed by atoms with van der Waals surface area (Å²) in [6.45, 7) is 2.41. The molecule has 0 aliphatic heterocycles. The second kappa shape index (κ2) is 9.73. The SMILES string of the molecule is CC[C@H](CCCSC)NC(=O)OCc1ccccc1. The minimum atomic E-state index is -0.320. The Labute approximate surface area is 120 Å². The minimum absolute atomic E-state index is 0.218. The van der Waals surface area contributed by atoms with Crippen LogP contribution in [0.15, 0.2) is 30.3 Å². The Morgan fingerprint density at radius 1 is 1.37 bits per heavy atom. The van der Waals surface area contributed by atoms with Crippen LogP contribution in [0, 0.1) is 0 Å². The first-order valence-corrected chi connectivity index (χ1v) is 8.11. The Balaban J connectivity index is 2.25. The minimum Gasteiger partial charge on any atom is -0.445 e. The van der Waals surface area contributed by atoms with Crippen LogP contribution in [0.1, 0.15) is 31.7 Å². The largest absolute Gasteiger partial charge is 0.445 e. The molecule has 0 aliphatic rings. The number of nitrogens with one attached hydrogen (secondary N) is 1. The number of hydrogen-bond acceptors (Lipinski definition) is 3. The normalized spacial score (nSPS) is 11.9. The van der Waals surface area contributed by atoms with Gasteiger partial charge in [0.25, 0.3) is 0 Å². The van der Waals surface area contributed by atoms with Gasteiger partial charge in [-0.05, 0) is 36.8 Å². The van der Waals surface area contributed by atoms with Gasteiger partial charge < -0.3 is 10.1 Å². The molecular formula is C15H23NO2S. The molecule has 0 aromatic heterocycles. The first kappa shape index (κ1) is 15.9. The van der Waals surface area contributed by atoms with Gasteiger partial charge in [0, 0.05) is 6.04 Å². The van der Waals surface area contributed by atoms with Gasteiger partial charge in [-0.3, -0.25) is 0 Å². The van der Waals surface area contributed by atoms with Crippen molar-refractivity contribution in [3.8, 4) is 0 Å². The van der Waals surface area contributed by atoms with Crippen LogP contribution in [0.25, 0.3) is 0 Å². The number of thioether (sulfide) groups is 1. The van der Waals surface area contributed by atoms with Gasteiger partial charge in [0.15, 0.2) is 0 Å². The summed E-state index contributed by atoms with van der Waals surface area (Å²) in [4.78, 5) is 11.7. The standard InChI is InChI=1S/C15H23NO2S/c1-3-14(10-7-11-19-2)16-15(17)18-12-13-8-5-4-6-9-13/h4-6,8-9,14H,3,7,10-12H2,1-2H3,(H,16,17)/t14-/m1/s1. The number of hydrogen-bond donors (Lipinski definition) is 1. The van der Waals surface area contributed by atoms with Gasteiger partial charge in [-0.15, -0.1) is 0 Å². The van der Waals surface area contributed by atoms with E-state index in [0.717, 1.165) is 30.6 Å². The Morgan fingerprint density at radius 2 is 2.11 bits per heavy atom. The average molecular weight is 281 g/mol. The van der Waals surface area contributed by atoms with Crippen molar-refractivity contribution in [2.75, 3.05) is 12.0 Å². The third kappa shape index (κ3) is 7.11. The Hall–Kier alpha value is -1.16. The lowest BCUT2D eigenvalue weighted by Crippen LogP contribution is -2.34. The summed E-state index contributed by atoms with van der Waals surface area (Å²) in [6.07, 6.45) is 4.85. The number of carbonyl (C=O) groups excluding carboxylic acids is 1. The summed E-state index contributed by atoms with van der Waals surface area (Å²) in [7, 11) is 0. The van der Waals surface area contributed by atoms with Crippen LogP contribution < -0.4 is 5.32 Å². The Morgan fingerprint density at radius 3 is 2.74 bits per heavy atom. The van der Waals surface area contributed by atoms with Gasteiger partial charge in [0.1, 0.15) is 6.61 Å². The second-order valence-corrected chi connectivity index (χ2v) is 5.43. The third-order valence-corrected chi connectivity index (χ3v) is 3.63. The fraction of sp³-hybridized carbons (Fsp3) is 0.533. The van der Waals surface area contributed by atoms with E-state index in [2.05, 4.69) is 18.5 Å². The molecule has 0 radical (unpaired) electrons. The van der Waals surface area contributed by atoms with Crippen molar-refractivity contribution >= 4 is 17.9 Å². The molecule has 1 amide bonds. The maximum atomic E-state index is 11.7. The molecule has 0 fully saturated rings. The lowest BCUT2D eigenvalue weighted by atomic mass is 10.1. The van der Waals surface area contributed by atoms with Crippen LogP contribution in [0.2, 0.25) is 0 Å². The van der Waals surface area contributed by atoms with Gasteiger partial charge >= 0.3 is 6.09 Å². The van der Waals surface area contributed by atoms with E-state index in [4.69, 9.17) is 4.74 Å². The molecule has 106 valence electrons. The molecule has 1 N–H and O–H groups in total. The van der Waals surface area contributed by atoms with Crippen molar-refractivity contribution < 1.29 is 9.53 Å². The van der Waals surface area contributed by atoms with E-state index >= 15 is 0 Å². The van der Waals surface area contributed by atoms with Crippen LogP contribution in [0.5, 0.6) is 0 Å². The predicted molar refractivity (Wildman–Crippen MR) is 81.5 cm³/mol. The number of ether oxygens (including phenoxy) is 1. The maximum Gasteiger partial charge on any atom is 0.407 e. The van der Waals surface area contributed by atoms with Gasteiger partial charge in [-0.25, -0.2) is 4.79 Å². The lowest BCUT2D eigenvalue weighted by molar-refractivity contribution is 0.134. The predicted octanol–water partition coefficient (Wildman–Crippen LogP) is 3.83. The highest BCUT2D eigenvalue weighted by atomic mass is 32.2. The molecule has 0 heterocycles. The number of carbonyl (C=O) groups is 1. The van der Waals surface area contributed by atoms with Crippen LogP contribution in [0.4, 0.5) is 4.79 Å². The molecule has 0 spiro atoms. The monoisotopic (exact) mass is 281 g/mol. The highest BCUT2D eigenvalue weighted by Gasteiger charge is 2.10. The van der Waals surface area contributed by atoms with Crippen LogP contribution >= 0.6 is 11.8 Å². The number of amides is 1. The zero-order valence-electron chi connectivity index (χ0n) is 11.7. The van der Waals surface area contributed by atoms with E-state index < -0.39 is 0 Å². The molecule has 0 unspecified atom stereocenters. The molecule has 1 aromatic rings. The fourth-order valence-corrected chi connectivity index (χ4v) is 2.24. The Bertz CT molecular complexity index is 356. The first-order chi connectivity index (χ1) is 9.26. The van der Waals surface area contributed by atoms with Crippen molar-refractivity contribution in [1.82, 2.24) is 5.32 Å². The number of rotatable bonds is 8. The highest BCUT2D eigenvalue weighted by Crippen LogP contribution is 2.07. The van der Waals surface area contributed by atoms with E-state index in [1.807, 2.05) is 42.1 Å². The molecule has 4 heteroatoms. The summed E-state index contributed by atoms with van der Waals surface area (Å²) < 4.78 is 5.21. The lowest BCUT2D eigenvalue weighted by Gasteiger charge is -2.16. The van der Waals surface area contributed by atoms with Gasteiger partial charge in [-0.1, -0.05) is 37.3 Å². The van der Waals surface area contributed by atoms with E-state index in [9.17, 15) is 4.79 Å². The average Bonchev–Trinajstić information content (AvgIpc) is 2.45. The van der Waals surface area contributed by atoms with Crippen molar-refractivity contribution in [3.63, 3.8) is 0 Å². The fourth-order valence-electron chi connectivity index (χ4n) is 1.78. The number of benzene rings is 1. The molecule has 1 rings (SSSR count). The summed E-state index contributed by atoms with van der Waals surface area (Å²) >= 11 is 1.84. The zero-order valence-corrected chi connectivity index (χ0v) is 12.5. The summed E-state index contributed by atoms with van der Waals surface area (Å²) in [5, 5.41) is 2.93. The number of alkyl carbamates (subject to hydrolysis) is 1. The molecule has 1 atom stereocenters. The van der Waals surface area contributed by atoms with Gasteiger partial charge in [0.05, 0.1) is 0 Å². The topological polar surface area (TPSA) is 38.3 Å². The molecule has 19 heavy (non-hydrogen) atoms. The van der Waals surface area contributed by atoms with E-state index in [-0.39, 0.29) is 12.1 Å². The molecule has 3 nitrogen and oxygen atoms in total. The van der Waals surface area contributed by atoms with E-state index in [0.29, 0.717) is 6.61 Å². The quantitative estimate of drug-likeness (QED) is 0.736. The zero-order chi connectivity index (χ0) is 13.9. The summed E-state index contributed by atoms with van der Waals surface area (Å²) in [5.74, 6) is 1.14. The first-order valence-electron chi connectivity index (χ1n) is 6.72. The molecule has 0 saturated carbocycles. The molecule has 1 aromatic carbocycles. The van der Waals surface area contributed by atoms with E-state index in [1.54, 1.807) is 0 Å². The van der Waals surface area contributed by atoms with Crippen LogP contribution in [0.3, 0.4) is 0 Å². The summed E-state index contributed by atoms with van der Waals surface area (Å²) in [6, 6.07) is 9.94. The molecule has 0 aliphatic carbocycles. The molecule has 0 bridgehead atoms. The van der Waals surface area contributed by atoms with Gasteiger partial charge in [-0.2, -0.15) is 11.8 Å². The van der Waals surface area contributed by atoms with Crippen molar-refractivity contribution in [3.05, 3.63) is 35.9 Å². The smallest absolute Gasteiger partial charge is 0.407 e. The maximum absolute atomic E-state index is 11.7. The van der Waals surface area contributed by atoms with Crippen molar-refractivity contribution in [1.29, 1.82) is 0 Å². The van der Waals surface area contributed by atoms with Crippen molar-refractivity contribution in [2.45, 2.75) is 38.8 Å². The van der Waals surface area contributed by atoms with E-state index in [1.165, 1.54) is 0 Å². The van der Waals surface area contributed by atoms with Crippen LogP contribution in [-0.2, 0) is 11.3 Å².